The van der Waals surface area contributed by atoms with Gasteiger partial charge in [0, 0.05) is 25.3 Å². The average molecular weight is 339 g/mol. The summed E-state index contributed by atoms with van der Waals surface area (Å²) in [6, 6.07) is 0.210. The van der Waals surface area contributed by atoms with Crippen LogP contribution in [-0.2, 0) is 11.2 Å². The number of H-pyrrole nitrogens is 1. The fraction of sp³-hybridized carbons (Fsp3) is 0.526. The predicted octanol–water partition coefficient (Wildman–Crippen LogP) is 2.89. The van der Waals surface area contributed by atoms with Gasteiger partial charge in [0.25, 0.3) is 0 Å². The molecule has 3 heterocycles. The van der Waals surface area contributed by atoms with E-state index in [1.807, 2.05) is 4.90 Å². The zero-order valence-electron chi connectivity index (χ0n) is 14.5. The van der Waals surface area contributed by atoms with Crippen molar-refractivity contribution in [3.63, 3.8) is 0 Å². The lowest BCUT2D eigenvalue weighted by Crippen LogP contribution is -2.44. The molecule has 2 aromatic rings. The highest BCUT2D eigenvalue weighted by atomic mass is 16.2. The number of hydrogen-bond donors (Lipinski definition) is 2. The van der Waals surface area contributed by atoms with Crippen molar-refractivity contribution >= 4 is 22.8 Å². The second-order valence-corrected chi connectivity index (χ2v) is 7.23. The average Bonchev–Trinajstić information content (AvgIpc) is 3.02. The van der Waals surface area contributed by atoms with Crippen molar-refractivity contribution in [3.05, 3.63) is 30.7 Å². The molecule has 2 N–H and O–H groups in total. The molecule has 2 aromatic heterocycles. The van der Waals surface area contributed by atoms with Crippen molar-refractivity contribution in [2.75, 3.05) is 18.4 Å². The second kappa shape index (κ2) is 6.86. The first-order valence-electron chi connectivity index (χ1n) is 9.23. The van der Waals surface area contributed by atoms with E-state index in [0.717, 1.165) is 48.6 Å². The molecule has 6 heteroatoms. The van der Waals surface area contributed by atoms with Crippen molar-refractivity contribution in [2.45, 2.75) is 44.6 Å². The summed E-state index contributed by atoms with van der Waals surface area (Å²) in [5.41, 5.74) is 2.19. The van der Waals surface area contributed by atoms with Crippen molar-refractivity contribution < 1.29 is 4.79 Å². The van der Waals surface area contributed by atoms with Gasteiger partial charge in [-0.2, -0.15) is 0 Å². The number of hydrogen-bond acceptors (Lipinski definition) is 4. The molecule has 1 atom stereocenters. The first kappa shape index (κ1) is 16.1. The number of aromatic amines is 1. The van der Waals surface area contributed by atoms with Gasteiger partial charge in [0.05, 0.1) is 5.39 Å². The minimum absolute atomic E-state index is 0.00616. The summed E-state index contributed by atoms with van der Waals surface area (Å²) < 4.78 is 0. The van der Waals surface area contributed by atoms with Crippen molar-refractivity contribution in [1.29, 1.82) is 0 Å². The van der Waals surface area contributed by atoms with Crippen molar-refractivity contribution in [2.24, 2.45) is 5.92 Å². The largest absolute Gasteiger partial charge is 0.365 e. The van der Waals surface area contributed by atoms with Crippen molar-refractivity contribution in [3.8, 4) is 0 Å². The Kier molecular flexibility index (Phi) is 4.42. The first-order chi connectivity index (χ1) is 12.2. The van der Waals surface area contributed by atoms with Gasteiger partial charge in [-0.1, -0.05) is 25.8 Å². The smallest absolute Gasteiger partial charge is 0.246 e. The van der Waals surface area contributed by atoms with Crippen LogP contribution in [0.3, 0.4) is 0 Å². The van der Waals surface area contributed by atoms with Crippen LogP contribution in [0.25, 0.3) is 11.0 Å². The maximum atomic E-state index is 11.9. The quantitative estimate of drug-likeness (QED) is 0.822. The first-order valence-corrected chi connectivity index (χ1v) is 9.23. The number of carbonyl (C=O) groups excluding carboxylic acids is 1. The lowest BCUT2D eigenvalue weighted by atomic mass is 9.81. The Bertz CT molecular complexity index is 779. The molecule has 25 heavy (non-hydrogen) atoms. The fourth-order valence-electron chi connectivity index (χ4n) is 3.92. The number of anilines is 1. The zero-order chi connectivity index (χ0) is 17.2. The molecule has 1 aliphatic carbocycles. The van der Waals surface area contributed by atoms with E-state index in [2.05, 4.69) is 33.0 Å². The second-order valence-electron chi connectivity index (χ2n) is 7.23. The monoisotopic (exact) mass is 339 g/mol. The van der Waals surface area contributed by atoms with Crippen LogP contribution in [0, 0.1) is 5.92 Å². The topological polar surface area (TPSA) is 73.9 Å². The number of amides is 1. The molecule has 0 radical (unpaired) electrons. The van der Waals surface area contributed by atoms with E-state index in [4.69, 9.17) is 0 Å². The SMILES string of the molecule is C=CC(=O)N1CCC[C@@H](Nc2ncnc3[nH]cc(CC4CCC4)c23)C1. The molecule has 1 saturated heterocycles. The molecule has 2 aliphatic rings. The molecule has 2 fully saturated rings. The molecule has 6 nitrogen and oxygen atoms in total. The summed E-state index contributed by atoms with van der Waals surface area (Å²) in [6.45, 7) is 5.09. The Hall–Kier alpha value is -2.37. The molecule has 1 aliphatic heterocycles. The third-order valence-corrected chi connectivity index (χ3v) is 5.53. The highest BCUT2D eigenvalue weighted by Gasteiger charge is 2.25. The Morgan fingerprint density at radius 2 is 2.24 bits per heavy atom. The van der Waals surface area contributed by atoms with Gasteiger partial charge < -0.3 is 15.2 Å². The number of likely N-dealkylation sites (tertiary alicyclic amines) is 1. The van der Waals surface area contributed by atoms with Gasteiger partial charge in [0.15, 0.2) is 0 Å². The van der Waals surface area contributed by atoms with Crippen LogP contribution in [0.15, 0.2) is 25.2 Å². The van der Waals surface area contributed by atoms with Crippen LogP contribution >= 0.6 is 0 Å². The molecule has 0 bridgehead atoms. The summed E-state index contributed by atoms with van der Waals surface area (Å²) in [5, 5.41) is 4.68. The number of piperidine rings is 1. The van der Waals surface area contributed by atoms with Crippen LogP contribution in [0.5, 0.6) is 0 Å². The Morgan fingerprint density at radius 1 is 1.36 bits per heavy atom. The Balaban J connectivity index is 1.55. The maximum Gasteiger partial charge on any atom is 0.246 e. The number of aromatic nitrogens is 3. The molecule has 1 saturated carbocycles. The molecule has 0 aromatic carbocycles. The van der Waals surface area contributed by atoms with Gasteiger partial charge in [-0.05, 0) is 36.8 Å². The lowest BCUT2D eigenvalue weighted by molar-refractivity contribution is -0.127. The third-order valence-electron chi connectivity index (χ3n) is 5.53. The van der Waals surface area contributed by atoms with Crippen LogP contribution in [-0.4, -0.2) is 44.9 Å². The molecular formula is C19H25N5O. The van der Waals surface area contributed by atoms with Gasteiger partial charge in [0.1, 0.15) is 17.8 Å². The highest BCUT2D eigenvalue weighted by molar-refractivity contribution is 5.90. The molecule has 0 unspecified atom stereocenters. The summed E-state index contributed by atoms with van der Waals surface area (Å²) in [6.07, 6.45) is 12.2. The predicted molar refractivity (Wildman–Crippen MR) is 98.4 cm³/mol. The molecule has 132 valence electrons. The number of carbonyl (C=O) groups is 1. The van der Waals surface area contributed by atoms with Gasteiger partial charge >= 0.3 is 0 Å². The van der Waals surface area contributed by atoms with E-state index in [9.17, 15) is 4.79 Å². The number of nitrogens with zero attached hydrogens (tertiary/aromatic N) is 3. The van der Waals surface area contributed by atoms with E-state index in [1.54, 1.807) is 6.33 Å². The normalized spacial score (nSPS) is 21.1. The van der Waals surface area contributed by atoms with Gasteiger partial charge in [-0.25, -0.2) is 9.97 Å². The van der Waals surface area contributed by atoms with Crippen LogP contribution in [0.1, 0.15) is 37.7 Å². The van der Waals surface area contributed by atoms with Gasteiger partial charge in [-0.3, -0.25) is 4.79 Å². The zero-order valence-corrected chi connectivity index (χ0v) is 14.5. The van der Waals surface area contributed by atoms with E-state index in [-0.39, 0.29) is 11.9 Å². The van der Waals surface area contributed by atoms with E-state index < -0.39 is 0 Å². The summed E-state index contributed by atoms with van der Waals surface area (Å²) in [4.78, 5) is 25.9. The van der Waals surface area contributed by atoms with E-state index in [1.165, 1.54) is 30.9 Å². The summed E-state index contributed by atoms with van der Waals surface area (Å²) in [7, 11) is 0. The van der Waals surface area contributed by atoms with Crippen molar-refractivity contribution in [1.82, 2.24) is 19.9 Å². The van der Waals surface area contributed by atoms with Gasteiger partial charge in [0.2, 0.25) is 5.91 Å². The van der Waals surface area contributed by atoms with Crippen LogP contribution in [0.2, 0.25) is 0 Å². The minimum Gasteiger partial charge on any atom is -0.365 e. The lowest BCUT2D eigenvalue weighted by Gasteiger charge is -2.33. The van der Waals surface area contributed by atoms with Crippen LogP contribution < -0.4 is 5.32 Å². The number of nitrogens with one attached hydrogen (secondary N) is 2. The number of fused-ring (bicyclic) bond motifs is 1. The van der Waals surface area contributed by atoms with Crippen LogP contribution in [0.4, 0.5) is 5.82 Å². The number of rotatable bonds is 5. The molecular weight excluding hydrogens is 314 g/mol. The molecule has 0 spiro atoms. The Labute approximate surface area is 147 Å². The maximum absolute atomic E-state index is 11.9. The summed E-state index contributed by atoms with van der Waals surface area (Å²) >= 11 is 0. The van der Waals surface area contributed by atoms with E-state index in [0.29, 0.717) is 6.54 Å². The van der Waals surface area contributed by atoms with Gasteiger partial charge in [-0.15, -0.1) is 0 Å². The highest BCUT2D eigenvalue weighted by Crippen LogP contribution is 2.33. The Morgan fingerprint density at radius 3 is 3.00 bits per heavy atom. The molecule has 4 rings (SSSR count). The van der Waals surface area contributed by atoms with E-state index >= 15 is 0 Å². The third kappa shape index (κ3) is 3.25. The fourth-order valence-corrected chi connectivity index (χ4v) is 3.92. The minimum atomic E-state index is 0.00616. The summed E-state index contributed by atoms with van der Waals surface area (Å²) in [5.74, 6) is 1.69. The standard InChI is InChI=1S/C19H25N5O/c1-2-16(25)24-8-4-7-15(11-24)23-19-17-14(9-13-5-3-6-13)10-20-18(17)21-12-22-19/h2,10,12-13,15H,1,3-9,11H2,(H2,20,21,22,23)/t15-/m1/s1. The molecule has 1 amide bonds.